The summed E-state index contributed by atoms with van der Waals surface area (Å²) in [5.41, 5.74) is 1.23. The zero-order chi connectivity index (χ0) is 14.7. The molecule has 0 radical (unpaired) electrons. The molecule has 2 saturated heterocycles. The van der Waals surface area contributed by atoms with E-state index in [-0.39, 0.29) is 12.0 Å². The van der Waals surface area contributed by atoms with E-state index in [1.54, 1.807) is 0 Å². The largest absolute Gasteiger partial charge is 0.492 e. The molecule has 2 atom stereocenters. The number of ether oxygens (including phenoxy) is 2. The highest BCUT2D eigenvalue weighted by Gasteiger charge is 2.49. The molecule has 0 amide bonds. The van der Waals surface area contributed by atoms with Crippen molar-refractivity contribution in [3.05, 3.63) is 29.8 Å². The van der Waals surface area contributed by atoms with Gasteiger partial charge in [0.25, 0.3) is 0 Å². The number of aliphatic hydroxyl groups is 1. The number of benzene rings is 1. The molecule has 4 nitrogen and oxygen atoms in total. The van der Waals surface area contributed by atoms with E-state index in [4.69, 9.17) is 9.47 Å². The van der Waals surface area contributed by atoms with Gasteiger partial charge in [-0.05, 0) is 18.1 Å². The van der Waals surface area contributed by atoms with Gasteiger partial charge in [-0.2, -0.15) is 0 Å². The van der Waals surface area contributed by atoms with Crippen molar-refractivity contribution >= 4 is 0 Å². The number of fused-ring (bicyclic) bond motifs is 1. The number of hydrogen-bond acceptors (Lipinski definition) is 4. The number of hydrogen-bond donors (Lipinski definition) is 1. The number of rotatable bonds is 6. The molecule has 0 aliphatic carbocycles. The molecule has 2 heterocycles. The van der Waals surface area contributed by atoms with Crippen molar-refractivity contribution in [2.24, 2.45) is 11.3 Å². The smallest absolute Gasteiger partial charge is 0.122 e. The SMILES string of the molecule is CCc1ccccc1OCCN1C[C@H]2COC[C@@]2(CO)C1. The summed E-state index contributed by atoms with van der Waals surface area (Å²) in [4.78, 5) is 2.40. The molecule has 1 aromatic rings. The zero-order valence-electron chi connectivity index (χ0n) is 12.8. The molecule has 2 fully saturated rings. The van der Waals surface area contributed by atoms with E-state index < -0.39 is 0 Å². The van der Waals surface area contributed by atoms with Gasteiger partial charge in [0.05, 0.1) is 19.8 Å². The molecule has 21 heavy (non-hydrogen) atoms. The fourth-order valence-corrected chi connectivity index (χ4v) is 3.56. The monoisotopic (exact) mass is 291 g/mol. The fourth-order valence-electron chi connectivity index (χ4n) is 3.56. The average Bonchev–Trinajstić information content (AvgIpc) is 3.05. The van der Waals surface area contributed by atoms with Crippen LogP contribution in [0.3, 0.4) is 0 Å². The van der Waals surface area contributed by atoms with Crippen LogP contribution in [0.5, 0.6) is 5.75 Å². The zero-order valence-corrected chi connectivity index (χ0v) is 12.8. The van der Waals surface area contributed by atoms with Crippen molar-refractivity contribution in [3.63, 3.8) is 0 Å². The molecule has 0 aromatic heterocycles. The lowest BCUT2D eigenvalue weighted by molar-refractivity contribution is 0.0788. The average molecular weight is 291 g/mol. The standard InChI is InChI=1S/C17H25NO3/c1-2-14-5-3-4-6-16(14)21-8-7-18-9-15-10-20-13-17(15,11-18)12-19/h3-6,15,19H,2,7-13H2,1H3/t15-,17-/m0/s1. The summed E-state index contributed by atoms with van der Waals surface area (Å²) in [5, 5.41) is 9.68. The lowest BCUT2D eigenvalue weighted by atomic mass is 9.82. The topological polar surface area (TPSA) is 41.9 Å². The van der Waals surface area contributed by atoms with Gasteiger partial charge in [0.1, 0.15) is 12.4 Å². The summed E-state index contributed by atoms with van der Waals surface area (Å²) >= 11 is 0. The fraction of sp³-hybridized carbons (Fsp3) is 0.647. The van der Waals surface area contributed by atoms with Gasteiger partial charge in [-0.15, -0.1) is 0 Å². The van der Waals surface area contributed by atoms with Crippen LogP contribution in [0.25, 0.3) is 0 Å². The molecule has 0 bridgehead atoms. The molecule has 2 aliphatic heterocycles. The Morgan fingerprint density at radius 1 is 1.43 bits per heavy atom. The maximum atomic E-state index is 9.68. The molecule has 1 N–H and O–H groups in total. The third kappa shape index (κ3) is 2.93. The highest BCUT2D eigenvalue weighted by Crippen LogP contribution is 2.40. The van der Waals surface area contributed by atoms with Crippen molar-refractivity contribution in [2.45, 2.75) is 13.3 Å². The van der Waals surface area contributed by atoms with Crippen LogP contribution in [0.4, 0.5) is 0 Å². The van der Waals surface area contributed by atoms with Crippen molar-refractivity contribution in [3.8, 4) is 5.75 Å². The number of nitrogens with zero attached hydrogens (tertiary/aromatic N) is 1. The Balaban J connectivity index is 1.51. The number of likely N-dealkylation sites (tertiary alicyclic amines) is 1. The van der Waals surface area contributed by atoms with Gasteiger partial charge in [0.15, 0.2) is 0 Å². The van der Waals surface area contributed by atoms with Crippen LogP contribution in [0, 0.1) is 11.3 Å². The van der Waals surface area contributed by atoms with E-state index in [0.717, 1.165) is 38.4 Å². The summed E-state index contributed by atoms with van der Waals surface area (Å²) in [7, 11) is 0. The lowest BCUT2D eigenvalue weighted by Gasteiger charge is -2.24. The first kappa shape index (κ1) is 14.8. The Bertz CT molecular complexity index is 479. The molecular weight excluding hydrogens is 266 g/mol. The van der Waals surface area contributed by atoms with E-state index in [1.807, 2.05) is 12.1 Å². The van der Waals surface area contributed by atoms with Crippen LogP contribution in [0.15, 0.2) is 24.3 Å². The molecule has 3 rings (SSSR count). The van der Waals surface area contributed by atoms with Gasteiger partial charge in [-0.25, -0.2) is 0 Å². The van der Waals surface area contributed by atoms with Gasteiger partial charge in [-0.3, -0.25) is 4.90 Å². The maximum Gasteiger partial charge on any atom is 0.122 e. The Hall–Kier alpha value is -1.10. The van der Waals surface area contributed by atoms with Crippen LogP contribution in [0.1, 0.15) is 12.5 Å². The number of para-hydroxylation sites is 1. The molecule has 1 aromatic carbocycles. The van der Waals surface area contributed by atoms with E-state index in [1.165, 1.54) is 5.56 Å². The van der Waals surface area contributed by atoms with E-state index >= 15 is 0 Å². The highest BCUT2D eigenvalue weighted by atomic mass is 16.5. The normalized spacial score (nSPS) is 28.8. The predicted molar refractivity (Wildman–Crippen MR) is 81.6 cm³/mol. The third-order valence-corrected chi connectivity index (χ3v) is 4.93. The number of aryl methyl sites for hydroxylation is 1. The minimum atomic E-state index is -0.0265. The van der Waals surface area contributed by atoms with Crippen LogP contribution in [-0.4, -0.2) is 56.1 Å². The first-order valence-corrected chi connectivity index (χ1v) is 7.89. The molecule has 0 saturated carbocycles. The quantitative estimate of drug-likeness (QED) is 0.864. The van der Waals surface area contributed by atoms with Crippen LogP contribution in [-0.2, 0) is 11.2 Å². The molecular formula is C17H25NO3. The van der Waals surface area contributed by atoms with Crippen molar-refractivity contribution in [1.82, 2.24) is 4.90 Å². The van der Waals surface area contributed by atoms with Crippen molar-refractivity contribution in [1.29, 1.82) is 0 Å². The van der Waals surface area contributed by atoms with Crippen LogP contribution >= 0.6 is 0 Å². The van der Waals surface area contributed by atoms with E-state index in [0.29, 0.717) is 19.1 Å². The lowest BCUT2D eigenvalue weighted by Crippen LogP contribution is -2.35. The summed E-state index contributed by atoms with van der Waals surface area (Å²) in [5.74, 6) is 1.48. The predicted octanol–water partition coefficient (Wildman–Crippen LogP) is 1.57. The second-order valence-electron chi connectivity index (χ2n) is 6.28. The van der Waals surface area contributed by atoms with Gasteiger partial charge in [0, 0.05) is 31.0 Å². The second kappa shape index (κ2) is 6.34. The van der Waals surface area contributed by atoms with Gasteiger partial charge in [0.2, 0.25) is 0 Å². The number of aliphatic hydroxyl groups excluding tert-OH is 1. The third-order valence-electron chi connectivity index (χ3n) is 4.93. The highest BCUT2D eigenvalue weighted by molar-refractivity contribution is 5.33. The molecule has 116 valence electrons. The maximum absolute atomic E-state index is 9.68. The Labute approximate surface area is 126 Å². The first-order valence-electron chi connectivity index (χ1n) is 7.89. The summed E-state index contributed by atoms with van der Waals surface area (Å²) in [6.07, 6.45) is 0.993. The summed E-state index contributed by atoms with van der Waals surface area (Å²) in [6.45, 7) is 7.41. The first-order chi connectivity index (χ1) is 10.3. The van der Waals surface area contributed by atoms with E-state index in [2.05, 4.69) is 24.0 Å². The Morgan fingerprint density at radius 3 is 3.05 bits per heavy atom. The van der Waals surface area contributed by atoms with E-state index in [9.17, 15) is 5.11 Å². The van der Waals surface area contributed by atoms with Gasteiger partial charge >= 0.3 is 0 Å². The van der Waals surface area contributed by atoms with Crippen LogP contribution in [0.2, 0.25) is 0 Å². The minimum absolute atomic E-state index is 0.0265. The molecule has 0 unspecified atom stereocenters. The van der Waals surface area contributed by atoms with Crippen molar-refractivity contribution < 1.29 is 14.6 Å². The summed E-state index contributed by atoms with van der Waals surface area (Å²) in [6, 6.07) is 8.24. The second-order valence-corrected chi connectivity index (χ2v) is 6.28. The Kier molecular flexibility index (Phi) is 4.48. The molecule has 4 heteroatoms. The van der Waals surface area contributed by atoms with Crippen LogP contribution < -0.4 is 4.74 Å². The van der Waals surface area contributed by atoms with Gasteiger partial charge < -0.3 is 14.6 Å². The minimum Gasteiger partial charge on any atom is -0.492 e. The van der Waals surface area contributed by atoms with Crippen molar-refractivity contribution in [2.75, 3.05) is 46.1 Å². The summed E-state index contributed by atoms with van der Waals surface area (Å²) < 4.78 is 11.5. The van der Waals surface area contributed by atoms with Gasteiger partial charge in [-0.1, -0.05) is 25.1 Å². The molecule has 2 aliphatic rings. The molecule has 0 spiro atoms. The Morgan fingerprint density at radius 2 is 2.29 bits per heavy atom.